The lowest BCUT2D eigenvalue weighted by atomic mass is 9.98. The minimum Gasteiger partial charge on any atom is -0.382 e. The van der Waals surface area contributed by atoms with Crippen LogP contribution in [0.15, 0.2) is 48.2 Å². The molecule has 1 aliphatic carbocycles. The van der Waals surface area contributed by atoms with E-state index in [1.165, 1.54) is 6.07 Å². The second kappa shape index (κ2) is 9.94. The number of likely N-dealkylation sites (N-methyl/N-ethyl adjacent to an activating group) is 1. The number of Topliss-reactive ketones (excluding diaryl/α,β-unsaturated/α-hetero) is 1. The first-order valence-electron chi connectivity index (χ1n) is 12.6. The number of aromatic nitrogens is 2. The molecule has 3 aromatic rings. The van der Waals surface area contributed by atoms with Gasteiger partial charge in [-0.05, 0) is 81.4 Å². The number of nitrogens with one attached hydrogen (secondary N) is 2. The van der Waals surface area contributed by atoms with Gasteiger partial charge >= 0.3 is 0 Å². The van der Waals surface area contributed by atoms with Crippen molar-refractivity contribution >= 4 is 28.3 Å². The summed E-state index contributed by atoms with van der Waals surface area (Å²) in [5, 5.41) is 3.44. The van der Waals surface area contributed by atoms with Gasteiger partial charge in [-0.1, -0.05) is 12.1 Å². The third-order valence-electron chi connectivity index (χ3n) is 7.01. The highest BCUT2D eigenvalue weighted by molar-refractivity contribution is 6.22. The lowest BCUT2D eigenvalue weighted by Gasteiger charge is -2.21. The Morgan fingerprint density at radius 3 is 2.81 bits per heavy atom. The van der Waals surface area contributed by atoms with E-state index in [0.717, 1.165) is 28.8 Å². The van der Waals surface area contributed by atoms with Crippen molar-refractivity contribution in [3.63, 3.8) is 0 Å². The normalized spacial score (nSPS) is 16.3. The third kappa shape index (κ3) is 5.06. The van der Waals surface area contributed by atoms with Gasteiger partial charge in [0, 0.05) is 43.4 Å². The molecule has 1 amide bonds. The van der Waals surface area contributed by atoms with Crippen LogP contribution in [0.4, 0.5) is 4.39 Å². The maximum atomic E-state index is 13.8. The first-order valence-corrected chi connectivity index (χ1v) is 12.6. The number of hydrogen-bond acceptors (Lipinski definition) is 5. The summed E-state index contributed by atoms with van der Waals surface area (Å²) < 4.78 is 13.8. The average molecular weight is 502 g/mol. The van der Waals surface area contributed by atoms with E-state index in [1.807, 2.05) is 57.1 Å². The number of H-pyrrole nitrogens is 1. The van der Waals surface area contributed by atoms with Crippen molar-refractivity contribution in [1.82, 2.24) is 25.1 Å². The van der Waals surface area contributed by atoms with Gasteiger partial charge in [-0.15, -0.1) is 0 Å². The lowest BCUT2D eigenvalue weighted by Crippen LogP contribution is -2.31. The van der Waals surface area contributed by atoms with Gasteiger partial charge in [0.1, 0.15) is 11.6 Å². The molecule has 1 aromatic heterocycles. The van der Waals surface area contributed by atoms with E-state index in [4.69, 9.17) is 4.98 Å². The number of nitrogens with zero attached hydrogens (tertiary/aromatic N) is 3. The van der Waals surface area contributed by atoms with Gasteiger partial charge in [0.15, 0.2) is 5.78 Å². The fourth-order valence-corrected chi connectivity index (χ4v) is 5.00. The fraction of sp³-hybridized carbons (Fsp3) is 0.345. The number of aromatic amines is 1. The van der Waals surface area contributed by atoms with Crippen molar-refractivity contribution in [2.75, 3.05) is 27.2 Å². The van der Waals surface area contributed by atoms with Crippen molar-refractivity contribution in [3.8, 4) is 0 Å². The predicted molar refractivity (Wildman–Crippen MR) is 143 cm³/mol. The van der Waals surface area contributed by atoms with Crippen LogP contribution in [0.25, 0.3) is 16.6 Å². The molecule has 0 saturated carbocycles. The lowest BCUT2D eigenvalue weighted by molar-refractivity contribution is -0.113. The van der Waals surface area contributed by atoms with Crippen LogP contribution in [0, 0.1) is 12.7 Å². The summed E-state index contributed by atoms with van der Waals surface area (Å²) in [7, 11) is 3.98. The number of carbonyl (C=O) groups is 2. The summed E-state index contributed by atoms with van der Waals surface area (Å²) in [5.41, 5.74) is 6.24. The number of imidazole rings is 1. The molecule has 2 N–H and O–H groups in total. The first-order chi connectivity index (χ1) is 17.7. The van der Waals surface area contributed by atoms with Crippen LogP contribution in [0.5, 0.6) is 0 Å². The Balaban J connectivity index is 1.42. The number of aryl methyl sites for hydroxylation is 1. The van der Waals surface area contributed by atoms with Crippen LogP contribution in [-0.4, -0.2) is 64.7 Å². The van der Waals surface area contributed by atoms with Crippen molar-refractivity contribution in [1.29, 1.82) is 0 Å². The zero-order valence-electron chi connectivity index (χ0n) is 21.7. The molecule has 5 rings (SSSR count). The highest BCUT2D eigenvalue weighted by atomic mass is 19.1. The smallest absolute Gasteiger partial charge is 0.254 e. The Bertz CT molecular complexity index is 1450. The number of benzene rings is 2. The van der Waals surface area contributed by atoms with Crippen LogP contribution < -0.4 is 5.32 Å². The number of hydrogen-bond donors (Lipinski definition) is 2. The van der Waals surface area contributed by atoms with Gasteiger partial charge in [-0.25, -0.2) is 9.37 Å². The molecule has 7 nitrogen and oxygen atoms in total. The SMILES string of the molecule is Cc1ccc(F)cc1C[C@H](C)NC1=C(c2nc3cc4c(cc3[nH]2)CN(CCN(C)C)C4=O)C(=O)CC=C1. The molecule has 1 aliphatic heterocycles. The molecule has 2 aliphatic rings. The minimum absolute atomic E-state index is 0.0167. The molecule has 2 heterocycles. The molecular weight excluding hydrogens is 469 g/mol. The van der Waals surface area contributed by atoms with Crippen molar-refractivity contribution < 1.29 is 14.0 Å². The molecule has 0 radical (unpaired) electrons. The van der Waals surface area contributed by atoms with Crippen LogP contribution >= 0.6 is 0 Å². The standard InChI is InChI=1S/C29H32FN5O2/c1-17-8-9-21(30)13-19(17)12-18(2)31-23-6-5-7-26(36)27(23)28-32-24-14-20-16-35(11-10-34(3)4)29(37)22(20)15-25(24)33-28/h5-6,8-9,13-15,18,31H,7,10-12,16H2,1-4H3,(H,32,33)/t18-/m0/s1. The second-order valence-corrected chi connectivity index (χ2v) is 10.3. The Labute approximate surface area is 216 Å². The van der Waals surface area contributed by atoms with Gasteiger partial charge in [0.25, 0.3) is 5.91 Å². The number of amides is 1. The molecule has 0 unspecified atom stereocenters. The quantitative estimate of drug-likeness (QED) is 0.488. The number of halogens is 1. The molecule has 2 aromatic carbocycles. The Hall–Kier alpha value is -3.78. The first kappa shape index (κ1) is 24.9. The summed E-state index contributed by atoms with van der Waals surface area (Å²) in [6.45, 7) is 6.02. The maximum absolute atomic E-state index is 13.8. The molecule has 0 spiro atoms. The molecular formula is C29H32FN5O2. The summed E-state index contributed by atoms with van der Waals surface area (Å²) in [5.74, 6) is 0.218. The number of ketones is 1. The summed E-state index contributed by atoms with van der Waals surface area (Å²) >= 11 is 0. The van der Waals surface area contributed by atoms with Crippen LogP contribution in [0.2, 0.25) is 0 Å². The van der Waals surface area contributed by atoms with E-state index < -0.39 is 0 Å². The molecule has 0 bridgehead atoms. The van der Waals surface area contributed by atoms with Gasteiger partial charge in [-0.3, -0.25) is 9.59 Å². The number of carbonyl (C=O) groups excluding carboxylic acids is 2. The highest BCUT2D eigenvalue weighted by Crippen LogP contribution is 2.30. The second-order valence-electron chi connectivity index (χ2n) is 10.3. The highest BCUT2D eigenvalue weighted by Gasteiger charge is 2.29. The van der Waals surface area contributed by atoms with Crippen molar-refractivity contribution in [2.45, 2.75) is 39.3 Å². The van der Waals surface area contributed by atoms with Gasteiger partial charge in [-0.2, -0.15) is 0 Å². The zero-order valence-corrected chi connectivity index (χ0v) is 21.7. The van der Waals surface area contributed by atoms with E-state index in [0.29, 0.717) is 54.1 Å². The Morgan fingerprint density at radius 2 is 2.03 bits per heavy atom. The largest absolute Gasteiger partial charge is 0.382 e. The Kier molecular flexibility index (Phi) is 6.69. The predicted octanol–water partition coefficient (Wildman–Crippen LogP) is 3.99. The monoisotopic (exact) mass is 501 g/mol. The van der Waals surface area contributed by atoms with E-state index in [-0.39, 0.29) is 23.5 Å². The zero-order chi connectivity index (χ0) is 26.3. The minimum atomic E-state index is -0.256. The maximum Gasteiger partial charge on any atom is 0.254 e. The number of allylic oxidation sites excluding steroid dienone is 3. The third-order valence-corrected chi connectivity index (χ3v) is 7.01. The van der Waals surface area contributed by atoms with Crippen LogP contribution in [0.3, 0.4) is 0 Å². The summed E-state index contributed by atoms with van der Waals surface area (Å²) in [6, 6.07) is 8.57. The molecule has 37 heavy (non-hydrogen) atoms. The molecule has 0 saturated heterocycles. The van der Waals surface area contributed by atoms with Gasteiger partial charge in [0.2, 0.25) is 0 Å². The molecule has 0 fully saturated rings. The summed E-state index contributed by atoms with van der Waals surface area (Å²) in [4.78, 5) is 37.9. The molecule has 1 atom stereocenters. The van der Waals surface area contributed by atoms with E-state index >= 15 is 0 Å². The van der Waals surface area contributed by atoms with Gasteiger partial charge < -0.3 is 20.1 Å². The average Bonchev–Trinajstić information content (AvgIpc) is 3.38. The van der Waals surface area contributed by atoms with E-state index in [9.17, 15) is 14.0 Å². The number of fused-ring (bicyclic) bond motifs is 2. The summed E-state index contributed by atoms with van der Waals surface area (Å²) in [6.07, 6.45) is 4.66. The molecule has 192 valence electrons. The van der Waals surface area contributed by atoms with Crippen LogP contribution in [-0.2, 0) is 17.8 Å². The molecule has 8 heteroatoms. The topological polar surface area (TPSA) is 81.3 Å². The number of rotatable bonds is 8. The van der Waals surface area contributed by atoms with E-state index in [2.05, 4.69) is 15.2 Å². The van der Waals surface area contributed by atoms with Crippen molar-refractivity contribution in [3.05, 3.63) is 82.1 Å². The van der Waals surface area contributed by atoms with E-state index in [1.54, 1.807) is 12.1 Å². The van der Waals surface area contributed by atoms with Gasteiger partial charge in [0.05, 0.1) is 16.6 Å². The van der Waals surface area contributed by atoms with Crippen molar-refractivity contribution in [2.24, 2.45) is 0 Å². The Morgan fingerprint density at radius 1 is 1.22 bits per heavy atom. The van der Waals surface area contributed by atoms with Crippen LogP contribution in [0.1, 0.15) is 46.2 Å². The fourth-order valence-electron chi connectivity index (χ4n) is 5.00.